The molecule has 6 nitrogen and oxygen atoms in total. The summed E-state index contributed by atoms with van der Waals surface area (Å²) in [5, 5.41) is 10.9. The van der Waals surface area contributed by atoms with Gasteiger partial charge in [0, 0.05) is 12.3 Å². The molecule has 0 heterocycles. The summed E-state index contributed by atoms with van der Waals surface area (Å²) in [4.78, 5) is 38.4. The van der Waals surface area contributed by atoms with Crippen LogP contribution in [0.1, 0.15) is 52.5 Å². The summed E-state index contributed by atoms with van der Waals surface area (Å²) in [6.45, 7) is 8.01. The smallest absolute Gasteiger partial charge is 0.317 e. The average Bonchev–Trinajstić information content (AvgIpc) is 2.52. The van der Waals surface area contributed by atoms with Crippen LogP contribution in [-0.4, -0.2) is 40.6 Å². The van der Waals surface area contributed by atoms with Gasteiger partial charge < -0.3 is 14.6 Å². The minimum atomic E-state index is -1.73. The van der Waals surface area contributed by atoms with Crippen LogP contribution in [0.5, 0.6) is 0 Å². The fourth-order valence-corrected chi connectivity index (χ4v) is 3.71. The molecule has 2 rings (SSSR count). The normalized spacial score (nSPS) is 27.8. The molecule has 1 aromatic carbocycles. The van der Waals surface area contributed by atoms with Crippen LogP contribution in [0.3, 0.4) is 0 Å². The molecule has 1 fully saturated rings. The summed E-state index contributed by atoms with van der Waals surface area (Å²) in [7, 11) is 0. The Morgan fingerprint density at radius 3 is 2.07 bits per heavy atom. The highest BCUT2D eigenvalue weighted by Crippen LogP contribution is 2.47. The highest BCUT2D eigenvalue weighted by atomic mass is 19.1. The first-order chi connectivity index (χ1) is 12.9. The van der Waals surface area contributed by atoms with Gasteiger partial charge in [-0.1, -0.05) is 12.1 Å². The molecule has 154 valence electrons. The molecule has 28 heavy (non-hydrogen) atoms. The number of hydrogen-bond donors (Lipinski definition) is 1. The predicted molar refractivity (Wildman–Crippen MR) is 98.8 cm³/mol. The largest absolute Gasteiger partial charge is 0.463 e. The Kier molecular flexibility index (Phi) is 6.59. The van der Waals surface area contributed by atoms with E-state index in [0.717, 1.165) is 0 Å². The monoisotopic (exact) mass is 394 g/mol. The van der Waals surface area contributed by atoms with E-state index in [9.17, 15) is 23.9 Å². The molecule has 4 atom stereocenters. The van der Waals surface area contributed by atoms with Crippen LogP contribution < -0.4 is 0 Å². The predicted octanol–water partition coefficient (Wildman–Crippen LogP) is 2.77. The highest BCUT2D eigenvalue weighted by molar-refractivity contribution is 6.02. The van der Waals surface area contributed by atoms with Crippen LogP contribution in [0.4, 0.5) is 4.39 Å². The summed E-state index contributed by atoms with van der Waals surface area (Å²) in [5.41, 5.74) is -1.34. The highest BCUT2D eigenvalue weighted by Gasteiger charge is 2.57. The van der Waals surface area contributed by atoms with Gasteiger partial charge in [-0.2, -0.15) is 0 Å². The lowest BCUT2D eigenvalue weighted by molar-refractivity contribution is -0.176. The summed E-state index contributed by atoms with van der Waals surface area (Å²) in [6.07, 6.45) is -1.30. The van der Waals surface area contributed by atoms with Gasteiger partial charge in [0.25, 0.3) is 0 Å². The topological polar surface area (TPSA) is 89.9 Å². The van der Waals surface area contributed by atoms with Gasteiger partial charge in [0.05, 0.1) is 23.7 Å². The first-order valence-corrected chi connectivity index (χ1v) is 9.35. The van der Waals surface area contributed by atoms with E-state index in [-0.39, 0.29) is 6.42 Å². The second-order valence-corrected chi connectivity index (χ2v) is 8.00. The average molecular weight is 394 g/mol. The summed E-state index contributed by atoms with van der Waals surface area (Å²) in [6, 6.07) is 5.16. The number of carbonyl (C=O) groups is 3. The van der Waals surface area contributed by atoms with Gasteiger partial charge in [-0.3, -0.25) is 14.4 Å². The maximum atomic E-state index is 13.4. The van der Waals surface area contributed by atoms with Gasteiger partial charge in [0.2, 0.25) is 0 Å². The molecule has 0 radical (unpaired) electrons. The number of halogens is 1. The van der Waals surface area contributed by atoms with Crippen molar-refractivity contribution in [1.82, 2.24) is 0 Å². The van der Waals surface area contributed by atoms with E-state index in [1.165, 1.54) is 31.2 Å². The lowest BCUT2D eigenvalue weighted by Crippen LogP contribution is -2.55. The number of hydrogen-bond acceptors (Lipinski definition) is 6. The first kappa shape index (κ1) is 22.0. The number of rotatable bonds is 5. The van der Waals surface area contributed by atoms with Crippen molar-refractivity contribution in [3.8, 4) is 0 Å². The molecule has 1 aliphatic rings. The van der Waals surface area contributed by atoms with Gasteiger partial charge in [-0.15, -0.1) is 0 Å². The number of Topliss-reactive ketones (excluding diaryl/α,β-unsaturated/α-hetero) is 1. The van der Waals surface area contributed by atoms with E-state index in [2.05, 4.69) is 0 Å². The van der Waals surface area contributed by atoms with Gasteiger partial charge in [0.15, 0.2) is 5.78 Å². The number of ketones is 1. The van der Waals surface area contributed by atoms with Crippen molar-refractivity contribution < 1.29 is 33.4 Å². The molecular formula is C21H27FO6. The van der Waals surface area contributed by atoms with Crippen molar-refractivity contribution in [2.75, 3.05) is 0 Å². The Hall–Kier alpha value is -2.28. The second-order valence-electron chi connectivity index (χ2n) is 8.00. The standard InChI is InChI=1S/C21H27FO6/c1-11(2)27-19(24)17-15(23)10-21(5,26)18(20(25)28-12(3)4)16(17)13-6-8-14(22)9-7-13/h6-9,11-12,16-18,26H,10H2,1-5H3/t16-,17+,18-,21+/m1/s1. The lowest BCUT2D eigenvalue weighted by Gasteiger charge is -2.44. The van der Waals surface area contributed by atoms with Crippen molar-refractivity contribution in [1.29, 1.82) is 0 Å². The summed E-state index contributed by atoms with van der Waals surface area (Å²) in [5.74, 6) is -6.04. The molecule has 1 aromatic rings. The molecule has 7 heteroatoms. The zero-order valence-corrected chi connectivity index (χ0v) is 16.8. The molecular weight excluding hydrogens is 367 g/mol. The van der Waals surface area contributed by atoms with Gasteiger partial charge in [-0.25, -0.2) is 4.39 Å². The van der Waals surface area contributed by atoms with Crippen LogP contribution in [0.2, 0.25) is 0 Å². The maximum Gasteiger partial charge on any atom is 0.317 e. The molecule has 0 amide bonds. The fraction of sp³-hybridized carbons (Fsp3) is 0.571. The van der Waals surface area contributed by atoms with Crippen molar-refractivity contribution in [2.45, 2.75) is 64.8 Å². The zero-order valence-electron chi connectivity index (χ0n) is 16.8. The van der Waals surface area contributed by atoms with E-state index in [1.807, 2.05) is 0 Å². The molecule has 1 N–H and O–H groups in total. The van der Waals surface area contributed by atoms with Crippen LogP contribution >= 0.6 is 0 Å². The molecule has 0 saturated heterocycles. The van der Waals surface area contributed by atoms with Gasteiger partial charge in [-0.05, 0) is 52.3 Å². The maximum absolute atomic E-state index is 13.4. The van der Waals surface area contributed by atoms with Gasteiger partial charge in [0.1, 0.15) is 11.7 Å². The Morgan fingerprint density at radius 1 is 1.07 bits per heavy atom. The van der Waals surface area contributed by atoms with Crippen molar-refractivity contribution in [3.05, 3.63) is 35.6 Å². The third-order valence-corrected chi connectivity index (χ3v) is 4.73. The fourth-order valence-electron chi connectivity index (χ4n) is 3.71. The Bertz CT molecular complexity index is 730. The first-order valence-electron chi connectivity index (χ1n) is 9.35. The van der Waals surface area contributed by atoms with Crippen molar-refractivity contribution in [3.63, 3.8) is 0 Å². The van der Waals surface area contributed by atoms with Crippen LogP contribution in [-0.2, 0) is 23.9 Å². The Balaban J connectivity index is 2.59. The van der Waals surface area contributed by atoms with Crippen LogP contribution in [0.15, 0.2) is 24.3 Å². The second kappa shape index (κ2) is 8.39. The van der Waals surface area contributed by atoms with E-state index in [1.54, 1.807) is 27.7 Å². The van der Waals surface area contributed by atoms with E-state index in [4.69, 9.17) is 9.47 Å². The number of ether oxygens (including phenoxy) is 2. The molecule has 0 aromatic heterocycles. The van der Waals surface area contributed by atoms with Gasteiger partial charge >= 0.3 is 11.9 Å². The Labute approximate surface area is 164 Å². The number of benzene rings is 1. The minimum Gasteiger partial charge on any atom is -0.463 e. The molecule has 1 aliphatic carbocycles. The third kappa shape index (κ3) is 4.76. The molecule has 0 unspecified atom stereocenters. The number of esters is 2. The quantitative estimate of drug-likeness (QED) is 0.610. The SMILES string of the molecule is CC(C)OC(=O)[C@H]1C(=O)C[C@](C)(O)[C@@H](C(=O)OC(C)C)[C@@H]1c1ccc(F)cc1. The summed E-state index contributed by atoms with van der Waals surface area (Å²) >= 11 is 0. The van der Waals surface area contributed by atoms with E-state index >= 15 is 0 Å². The minimum absolute atomic E-state index is 0.381. The van der Waals surface area contributed by atoms with E-state index in [0.29, 0.717) is 5.56 Å². The number of aliphatic hydroxyl groups is 1. The third-order valence-electron chi connectivity index (χ3n) is 4.73. The zero-order chi connectivity index (χ0) is 21.2. The molecule has 0 bridgehead atoms. The van der Waals surface area contributed by atoms with Crippen molar-refractivity contribution in [2.24, 2.45) is 11.8 Å². The lowest BCUT2D eigenvalue weighted by atomic mass is 9.61. The Morgan fingerprint density at radius 2 is 1.57 bits per heavy atom. The number of carbonyl (C=O) groups excluding carboxylic acids is 3. The molecule has 0 aliphatic heterocycles. The molecule has 0 spiro atoms. The molecule has 1 saturated carbocycles. The van der Waals surface area contributed by atoms with Crippen molar-refractivity contribution >= 4 is 17.7 Å². The van der Waals surface area contributed by atoms with E-state index < -0.39 is 59.1 Å². The van der Waals surface area contributed by atoms with Crippen LogP contribution in [0.25, 0.3) is 0 Å². The van der Waals surface area contributed by atoms with Crippen LogP contribution in [0, 0.1) is 17.7 Å². The summed E-state index contributed by atoms with van der Waals surface area (Å²) < 4.78 is 24.0.